The third-order valence-corrected chi connectivity index (χ3v) is 5.02. The summed E-state index contributed by atoms with van der Waals surface area (Å²) in [5.41, 5.74) is 1.81. The van der Waals surface area contributed by atoms with Gasteiger partial charge in [-0.1, -0.05) is 23.9 Å². The van der Waals surface area contributed by atoms with Gasteiger partial charge in [0.05, 0.1) is 23.4 Å². The number of fused-ring (bicyclic) bond motifs is 1. The van der Waals surface area contributed by atoms with E-state index < -0.39 is 16.9 Å². The number of methoxy groups -OCH3 is 1. The van der Waals surface area contributed by atoms with Crippen LogP contribution in [0.3, 0.4) is 0 Å². The van der Waals surface area contributed by atoms with Crippen molar-refractivity contribution in [2.75, 3.05) is 13.7 Å². The molecule has 1 amide bonds. The number of carbonyl (C=O) groups is 1. The predicted molar refractivity (Wildman–Crippen MR) is 101 cm³/mol. The second-order valence-corrected chi connectivity index (χ2v) is 7.30. The van der Waals surface area contributed by atoms with Crippen LogP contribution in [0.25, 0.3) is 11.0 Å². The molecule has 2 N–H and O–H groups in total. The van der Waals surface area contributed by atoms with Crippen LogP contribution in [-0.2, 0) is 11.2 Å². The van der Waals surface area contributed by atoms with Crippen LogP contribution < -0.4 is 10.1 Å². The number of nitrogens with one attached hydrogen (secondary N) is 2. The molecule has 0 fully saturated rings. The minimum Gasteiger partial charge on any atom is -0.497 e. The molecule has 2 aromatic carbocycles. The predicted octanol–water partition coefficient (Wildman–Crippen LogP) is 3.69. The first-order chi connectivity index (χ1) is 13.0. The van der Waals surface area contributed by atoms with Gasteiger partial charge in [-0.2, -0.15) is 0 Å². The summed E-state index contributed by atoms with van der Waals surface area (Å²) in [7, 11) is 1.61. The van der Waals surface area contributed by atoms with Gasteiger partial charge in [-0.15, -0.1) is 0 Å². The fourth-order valence-electron chi connectivity index (χ4n) is 2.52. The van der Waals surface area contributed by atoms with Gasteiger partial charge in [0.15, 0.2) is 16.8 Å². The minimum atomic E-state index is -0.949. The smallest absolute Gasteiger partial charge is 0.233 e. The fraction of sp³-hybridized carbons (Fsp3) is 0.263. The molecule has 0 saturated carbocycles. The number of rotatable bonds is 7. The molecule has 142 valence electrons. The SMILES string of the molecule is COc1ccc(CCNC(=O)C(C)Sc2nc3cc(F)c(F)cc3[nH]2)cc1. The van der Waals surface area contributed by atoms with Gasteiger partial charge in [-0.3, -0.25) is 4.79 Å². The monoisotopic (exact) mass is 391 g/mol. The molecule has 0 aliphatic heterocycles. The highest BCUT2D eigenvalue weighted by atomic mass is 32.2. The number of thioether (sulfide) groups is 1. The van der Waals surface area contributed by atoms with E-state index in [9.17, 15) is 13.6 Å². The number of aromatic nitrogens is 2. The maximum Gasteiger partial charge on any atom is 0.233 e. The molecular formula is C19H19F2N3O2S. The standard InChI is InChI=1S/C19H19F2N3O2S/c1-11(18(25)22-8-7-12-3-5-13(26-2)6-4-12)27-19-23-16-9-14(20)15(21)10-17(16)24-19/h3-6,9-11H,7-8H2,1-2H3,(H,22,25)(H,23,24). The van der Waals surface area contributed by atoms with E-state index in [-0.39, 0.29) is 5.91 Å². The van der Waals surface area contributed by atoms with Crippen molar-refractivity contribution in [3.63, 3.8) is 0 Å². The molecule has 0 bridgehead atoms. The van der Waals surface area contributed by atoms with E-state index in [1.54, 1.807) is 14.0 Å². The van der Waals surface area contributed by atoms with E-state index >= 15 is 0 Å². The summed E-state index contributed by atoms with van der Waals surface area (Å²) < 4.78 is 31.6. The van der Waals surface area contributed by atoms with E-state index in [1.165, 1.54) is 11.8 Å². The molecule has 1 atom stereocenters. The Kier molecular flexibility index (Phi) is 5.95. The fourth-order valence-corrected chi connectivity index (χ4v) is 3.37. The summed E-state index contributed by atoms with van der Waals surface area (Å²) >= 11 is 1.20. The van der Waals surface area contributed by atoms with Crippen LogP contribution in [0.1, 0.15) is 12.5 Å². The van der Waals surface area contributed by atoms with Crippen molar-refractivity contribution < 1.29 is 18.3 Å². The molecule has 3 aromatic rings. The zero-order valence-corrected chi connectivity index (χ0v) is 15.7. The number of halogens is 2. The van der Waals surface area contributed by atoms with Crippen LogP contribution in [-0.4, -0.2) is 34.8 Å². The third-order valence-electron chi connectivity index (χ3n) is 4.03. The van der Waals surface area contributed by atoms with Crippen molar-refractivity contribution >= 4 is 28.7 Å². The average molecular weight is 391 g/mol. The Morgan fingerprint density at radius 1 is 1.26 bits per heavy atom. The van der Waals surface area contributed by atoms with Crippen molar-refractivity contribution in [2.24, 2.45) is 0 Å². The van der Waals surface area contributed by atoms with Crippen LogP contribution in [0.5, 0.6) is 5.75 Å². The molecule has 0 saturated heterocycles. The van der Waals surface area contributed by atoms with Crippen molar-refractivity contribution in [3.8, 4) is 5.75 Å². The lowest BCUT2D eigenvalue weighted by atomic mass is 10.1. The number of hydrogen-bond acceptors (Lipinski definition) is 4. The second-order valence-electron chi connectivity index (χ2n) is 5.97. The molecule has 0 aliphatic rings. The Hall–Kier alpha value is -2.61. The van der Waals surface area contributed by atoms with Gasteiger partial charge in [-0.05, 0) is 31.0 Å². The number of H-pyrrole nitrogens is 1. The summed E-state index contributed by atoms with van der Waals surface area (Å²) in [5.74, 6) is -1.23. The first kappa shape index (κ1) is 19.2. The number of hydrogen-bond donors (Lipinski definition) is 2. The zero-order chi connectivity index (χ0) is 19.4. The van der Waals surface area contributed by atoms with E-state index in [4.69, 9.17) is 4.74 Å². The summed E-state index contributed by atoms with van der Waals surface area (Å²) in [6, 6.07) is 9.75. The first-order valence-corrected chi connectivity index (χ1v) is 9.26. The van der Waals surface area contributed by atoms with Crippen LogP contribution >= 0.6 is 11.8 Å². The van der Waals surface area contributed by atoms with Gasteiger partial charge in [0.2, 0.25) is 5.91 Å². The van der Waals surface area contributed by atoms with Crippen molar-refractivity contribution in [3.05, 3.63) is 53.6 Å². The molecule has 0 radical (unpaired) electrons. The lowest BCUT2D eigenvalue weighted by Crippen LogP contribution is -2.32. The van der Waals surface area contributed by atoms with Crippen molar-refractivity contribution in [2.45, 2.75) is 23.8 Å². The van der Waals surface area contributed by atoms with Crippen LogP contribution in [0.15, 0.2) is 41.6 Å². The van der Waals surface area contributed by atoms with Crippen molar-refractivity contribution in [1.82, 2.24) is 15.3 Å². The second kappa shape index (κ2) is 8.39. The van der Waals surface area contributed by atoms with Gasteiger partial charge >= 0.3 is 0 Å². The topological polar surface area (TPSA) is 67.0 Å². The number of nitrogens with zero attached hydrogens (tertiary/aromatic N) is 1. The van der Waals surface area contributed by atoms with E-state index in [2.05, 4.69) is 15.3 Å². The van der Waals surface area contributed by atoms with Gasteiger partial charge in [0.1, 0.15) is 5.75 Å². The number of carbonyl (C=O) groups excluding carboxylic acids is 1. The molecular weight excluding hydrogens is 372 g/mol. The maximum atomic E-state index is 13.3. The zero-order valence-electron chi connectivity index (χ0n) is 14.9. The van der Waals surface area contributed by atoms with E-state index in [0.717, 1.165) is 23.4 Å². The van der Waals surface area contributed by atoms with Gasteiger partial charge < -0.3 is 15.0 Å². The minimum absolute atomic E-state index is 0.133. The molecule has 1 heterocycles. The molecule has 3 rings (SSSR count). The van der Waals surface area contributed by atoms with Crippen molar-refractivity contribution in [1.29, 1.82) is 0 Å². The lowest BCUT2D eigenvalue weighted by Gasteiger charge is -2.10. The number of amides is 1. The summed E-state index contributed by atoms with van der Waals surface area (Å²) in [4.78, 5) is 19.3. The molecule has 5 nitrogen and oxygen atoms in total. The van der Waals surface area contributed by atoms with Gasteiger partial charge in [-0.25, -0.2) is 13.8 Å². The summed E-state index contributed by atoms with van der Waals surface area (Å²) in [6.07, 6.45) is 0.705. The Morgan fingerprint density at radius 3 is 2.67 bits per heavy atom. The number of imidazole rings is 1. The van der Waals surface area contributed by atoms with Gasteiger partial charge in [0, 0.05) is 18.7 Å². The quantitative estimate of drug-likeness (QED) is 0.603. The highest BCUT2D eigenvalue weighted by Gasteiger charge is 2.17. The molecule has 1 unspecified atom stereocenters. The highest BCUT2D eigenvalue weighted by molar-refractivity contribution is 8.00. The Bertz CT molecular complexity index is 905. The number of aromatic amines is 1. The largest absolute Gasteiger partial charge is 0.497 e. The Labute approximate surface area is 159 Å². The summed E-state index contributed by atoms with van der Waals surface area (Å²) in [5, 5.41) is 2.91. The van der Waals surface area contributed by atoms with Crippen LogP contribution in [0.2, 0.25) is 0 Å². The summed E-state index contributed by atoms with van der Waals surface area (Å²) in [6.45, 7) is 2.26. The molecule has 0 aliphatic carbocycles. The molecule has 0 spiro atoms. The normalized spacial score (nSPS) is 12.1. The molecule has 8 heteroatoms. The molecule has 1 aromatic heterocycles. The molecule has 27 heavy (non-hydrogen) atoms. The Balaban J connectivity index is 1.52. The number of ether oxygens (including phenoxy) is 1. The first-order valence-electron chi connectivity index (χ1n) is 8.38. The van der Waals surface area contributed by atoms with E-state index in [1.807, 2.05) is 24.3 Å². The third kappa shape index (κ3) is 4.77. The van der Waals surface area contributed by atoms with Gasteiger partial charge in [0.25, 0.3) is 0 Å². The average Bonchev–Trinajstić information content (AvgIpc) is 3.03. The van der Waals surface area contributed by atoms with Crippen LogP contribution in [0.4, 0.5) is 8.78 Å². The van der Waals surface area contributed by atoms with Crippen LogP contribution in [0, 0.1) is 11.6 Å². The highest BCUT2D eigenvalue weighted by Crippen LogP contribution is 2.25. The van der Waals surface area contributed by atoms with E-state index in [0.29, 0.717) is 29.2 Å². The maximum absolute atomic E-state index is 13.3. The lowest BCUT2D eigenvalue weighted by molar-refractivity contribution is -0.120. The Morgan fingerprint density at radius 2 is 1.96 bits per heavy atom. The number of benzene rings is 2.